The van der Waals surface area contributed by atoms with Gasteiger partial charge in [0.15, 0.2) is 0 Å². The third kappa shape index (κ3) is 14.0. The molecule has 2 aliphatic rings. The van der Waals surface area contributed by atoms with Crippen LogP contribution in [0, 0.1) is 36.3 Å². The zero-order chi connectivity index (χ0) is 48.8. The summed E-state index contributed by atoms with van der Waals surface area (Å²) in [5, 5.41) is 33.3. The number of nitrogens with one attached hydrogen (secondary N) is 5. The molecule has 0 aliphatic heterocycles. The molecule has 2 fully saturated rings. The Bertz CT molecular complexity index is 2530. The summed E-state index contributed by atoms with van der Waals surface area (Å²) in [4.78, 5) is 75.3. The van der Waals surface area contributed by atoms with E-state index in [4.69, 9.17) is 0 Å². The molecular formula is C51H61F2N5O8. The lowest BCUT2D eigenvalue weighted by Crippen LogP contribution is -2.33. The number of hydrogen-bond acceptors (Lipinski definition) is 7. The molecule has 6 rings (SSSR count). The van der Waals surface area contributed by atoms with Crippen LogP contribution < -0.4 is 26.6 Å². The van der Waals surface area contributed by atoms with Crippen molar-refractivity contribution >= 4 is 35.5 Å². The van der Waals surface area contributed by atoms with Crippen molar-refractivity contribution in [2.24, 2.45) is 10.8 Å². The number of carboxylic acids is 1. The molecule has 0 unspecified atom stereocenters. The molecule has 13 nitrogen and oxygen atoms in total. The minimum atomic E-state index is -1.24. The molecule has 7 N–H and O–H groups in total. The van der Waals surface area contributed by atoms with Crippen LogP contribution in [0.1, 0.15) is 147 Å². The van der Waals surface area contributed by atoms with Gasteiger partial charge in [-0.2, -0.15) is 0 Å². The molecule has 2 aliphatic carbocycles. The molecule has 0 bridgehead atoms. The summed E-state index contributed by atoms with van der Waals surface area (Å²) in [5.41, 5.74) is 2.38. The van der Waals surface area contributed by atoms with Crippen LogP contribution in [0.3, 0.4) is 0 Å². The number of rotatable bonds is 14. The predicted molar refractivity (Wildman–Crippen MR) is 249 cm³/mol. The number of aliphatic hydroxyl groups excluding tert-OH is 1. The molecule has 0 heterocycles. The standard InChI is InChI=1S/C27H34FN3O4.C24H27FN2O4/c1-15(32)13-29-26(35)22-10-17(24(33)30-14-27(3,4)5)6-9-20(22)21-11-18(12-23(28)16(21)2)25(34)31-19-7-8-19;1-13-18(10-15(11-20(13)25)22(29)27-16-6-7-16)17-8-5-14(9-19(17)23(30)31)21(28)26-12-24(2,3)4/h6,9-12,15,19,32H,7-8,13-14H2,1-5H3,(H,29,35)(H,30,33)(H,31,34);5,8-11,16H,6-7,12H2,1-4H3,(H,26,28)(H,27,29)(H,30,31)/t15-;/m1./s1. The summed E-state index contributed by atoms with van der Waals surface area (Å²) in [6, 6.07) is 14.5. The van der Waals surface area contributed by atoms with Crippen LogP contribution in [0.4, 0.5) is 8.78 Å². The maximum absolute atomic E-state index is 14.9. The van der Waals surface area contributed by atoms with E-state index in [2.05, 4.69) is 26.6 Å². The van der Waals surface area contributed by atoms with Gasteiger partial charge in [0, 0.05) is 59.5 Å². The van der Waals surface area contributed by atoms with Crippen molar-refractivity contribution in [1.82, 2.24) is 26.6 Å². The lowest BCUT2D eigenvalue weighted by molar-refractivity contribution is 0.0696. The van der Waals surface area contributed by atoms with Gasteiger partial charge in [0.05, 0.1) is 11.7 Å². The summed E-state index contributed by atoms with van der Waals surface area (Å²) in [5.74, 6) is -4.40. The molecule has 0 spiro atoms. The van der Waals surface area contributed by atoms with Crippen molar-refractivity contribution < 1.29 is 47.8 Å². The van der Waals surface area contributed by atoms with Gasteiger partial charge in [-0.3, -0.25) is 24.0 Å². The molecule has 4 aromatic carbocycles. The minimum absolute atomic E-state index is 0.00982. The lowest BCUT2D eigenvalue weighted by atomic mass is 9.91. The summed E-state index contributed by atoms with van der Waals surface area (Å²) < 4.78 is 29.5. The highest BCUT2D eigenvalue weighted by molar-refractivity contribution is 6.06. The number of carbonyl (C=O) groups excluding carboxylic acids is 5. The van der Waals surface area contributed by atoms with Crippen LogP contribution in [0.2, 0.25) is 0 Å². The summed E-state index contributed by atoms with van der Waals surface area (Å²) in [7, 11) is 0. The number of carboxylic acid groups (broad SMARTS) is 1. The summed E-state index contributed by atoms with van der Waals surface area (Å²) in [6.07, 6.45) is 2.83. The largest absolute Gasteiger partial charge is 0.478 e. The van der Waals surface area contributed by atoms with Gasteiger partial charge < -0.3 is 36.8 Å². The molecular weight excluding hydrogens is 849 g/mol. The van der Waals surface area contributed by atoms with Crippen molar-refractivity contribution in [1.29, 1.82) is 0 Å². The fraction of sp³-hybridized carbons (Fsp3) is 0.412. The summed E-state index contributed by atoms with van der Waals surface area (Å²) >= 11 is 0. The van der Waals surface area contributed by atoms with Crippen LogP contribution in [0.15, 0.2) is 60.7 Å². The molecule has 4 aromatic rings. The average molecular weight is 910 g/mol. The number of aromatic carboxylic acids is 1. The van der Waals surface area contributed by atoms with E-state index in [9.17, 15) is 47.8 Å². The number of hydrogen-bond donors (Lipinski definition) is 7. The average Bonchev–Trinajstić information content (AvgIpc) is 4.20. The first kappa shape index (κ1) is 50.5. The van der Waals surface area contributed by atoms with Crippen molar-refractivity contribution in [2.75, 3.05) is 19.6 Å². The van der Waals surface area contributed by atoms with Crippen molar-refractivity contribution in [2.45, 2.75) is 106 Å². The predicted octanol–water partition coefficient (Wildman–Crippen LogP) is 7.75. The molecule has 15 heteroatoms. The summed E-state index contributed by atoms with van der Waals surface area (Å²) in [6.45, 7) is 17.4. The Morgan fingerprint density at radius 2 is 0.955 bits per heavy atom. The highest BCUT2D eigenvalue weighted by Gasteiger charge is 2.28. The molecule has 66 heavy (non-hydrogen) atoms. The number of benzene rings is 4. The van der Waals surface area contributed by atoms with Crippen LogP contribution in [-0.4, -0.2) is 83.5 Å². The van der Waals surface area contributed by atoms with E-state index in [-0.39, 0.29) is 97.3 Å². The highest BCUT2D eigenvalue weighted by atomic mass is 19.1. The van der Waals surface area contributed by atoms with E-state index in [1.54, 1.807) is 32.0 Å². The first-order chi connectivity index (χ1) is 30.8. The molecule has 1 atom stereocenters. The lowest BCUT2D eigenvalue weighted by Gasteiger charge is -2.19. The van der Waals surface area contributed by atoms with E-state index in [1.165, 1.54) is 43.3 Å². The molecule has 2 saturated carbocycles. The van der Waals surface area contributed by atoms with E-state index >= 15 is 0 Å². The van der Waals surface area contributed by atoms with Crippen LogP contribution in [-0.2, 0) is 0 Å². The van der Waals surface area contributed by atoms with E-state index in [1.807, 2.05) is 41.5 Å². The Kier molecular flexibility index (Phi) is 15.9. The smallest absolute Gasteiger partial charge is 0.336 e. The Hall–Kier alpha value is -6.48. The second-order valence-electron chi connectivity index (χ2n) is 19.6. The fourth-order valence-electron chi connectivity index (χ4n) is 6.61. The van der Waals surface area contributed by atoms with Gasteiger partial charge in [0.25, 0.3) is 29.5 Å². The van der Waals surface area contributed by atoms with Crippen LogP contribution >= 0.6 is 0 Å². The second kappa shape index (κ2) is 20.8. The normalized spacial score (nSPS) is 13.9. The molecule has 352 valence electrons. The molecule has 5 amide bonds. The molecule has 0 aromatic heterocycles. The minimum Gasteiger partial charge on any atom is -0.478 e. The van der Waals surface area contributed by atoms with E-state index < -0.39 is 35.5 Å². The third-order valence-electron chi connectivity index (χ3n) is 10.8. The zero-order valence-corrected chi connectivity index (χ0v) is 39.1. The van der Waals surface area contributed by atoms with Crippen molar-refractivity contribution in [3.05, 3.63) is 117 Å². The zero-order valence-electron chi connectivity index (χ0n) is 39.1. The van der Waals surface area contributed by atoms with Gasteiger partial charge >= 0.3 is 5.97 Å². The number of halogens is 2. The maximum atomic E-state index is 14.9. The third-order valence-corrected chi connectivity index (χ3v) is 10.8. The number of carbonyl (C=O) groups is 6. The van der Waals surface area contributed by atoms with Gasteiger partial charge in [0.2, 0.25) is 0 Å². The van der Waals surface area contributed by atoms with Crippen molar-refractivity contribution in [3.8, 4) is 22.3 Å². The first-order valence-corrected chi connectivity index (χ1v) is 22.1. The van der Waals surface area contributed by atoms with Gasteiger partial charge in [-0.15, -0.1) is 0 Å². The molecule has 0 radical (unpaired) electrons. The maximum Gasteiger partial charge on any atom is 0.336 e. The van der Waals surface area contributed by atoms with E-state index in [0.29, 0.717) is 29.8 Å². The Balaban J connectivity index is 0.000000249. The monoisotopic (exact) mass is 909 g/mol. The number of aliphatic hydroxyl groups is 1. The highest BCUT2D eigenvalue weighted by Crippen LogP contribution is 2.33. The first-order valence-electron chi connectivity index (χ1n) is 22.1. The van der Waals surface area contributed by atoms with Gasteiger partial charge in [-0.25, -0.2) is 13.6 Å². The van der Waals surface area contributed by atoms with Gasteiger partial charge in [0.1, 0.15) is 11.6 Å². The Morgan fingerprint density at radius 1 is 0.561 bits per heavy atom. The van der Waals surface area contributed by atoms with Crippen molar-refractivity contribution in [3.63, 3.8) is 0 Å². The Morgan fingerprint density at radius 3 is 1.32 bits per heavy atom. The second-order valence-corrected chi connectivity index (χ2v) is 19.6. The van der Waals surface area contributed by atoms with Crippen LogP contribution in [0.5, 0.6) is 0 Å². The number of amides is 5. The SMILES string of the molecule is Cc1c(F)cc(C(=O)NC2CC2)cc1-c1ccc(C(=O)NCC(C)(C)C)cc1C(=O)NC[C@@H](C)O.Cc1c(F)cc(C(=O)NC2CC2)cc1-c1ccc(C(=O)NCC(C)(C)C)cc1C(=O)O. The van der Waals surface area contributed by atoms with E-state index in [0.717, 1.165) is 31.7 Å². The topological polar surface area (TPSA) is 203 Å². The fourth-order valence-corrected chi connectivity index (χ4v) is 6.61. The quantitative estimate of drug-likeness (QED) is 0.0665. The Labute approximate surface area is 384 Å². The molecule has 0 saturated heterocycles. The van der Waals surface area contributed by atoms with Gasteiger partial charge in [-0.1, -0.05) is 53.7 Å². The van der Waals surface area contributed by atoms with Gasteiger partial charge in [-0.05, 0) is 139 Å². The van der Waals surface area contributed by atoms with Crippen LogP contribution in [0.25, 0.3) is 22.3 Å².